The summed E-state index contributed by atoms with van der Waals surface area (Å²) in [5, 5.41) is 5.58. The average molecular weight is 304 g/mol. The third-order valence-electron chi connectivity index (χ3n) is 3.76. The molecule has 3 rings (SSSR count). The third-order valence-corrected chi connectivity index (χ3v) is 5.08. The molecule has 1 atom stereocenters. The van der Waals surface area contributed by atoms with Gasteiger partial charge < -0.3 is 5.73 Å². The Kier molecular flexibility index (Phi) is 3.44. The number of imidazole rings is 1. The van der Waals surface area contributed by atoms with Crippen molar-refractivity contribution in [3.8, 4) is 0 Å². The predicted molar refractivity (Wildman–Crippen MR) is 85.6 cm³/mol. The topological polar surface area (TPSA) is 74.6 Å². The van der Waals surface area contributed by atoms with Gasteiger partial charge in [-0.05, 0) is 19.8 Å². The minimum Gasteiger partial charge on any atom is -0.369 e. The first kappa shape index (κ1) is 14.1. The van der Waals surface area contributed by atoms with E-state index in [9.17, 15) is 0 Å². The molecule has 0 bridgehead atoms. The van der Waals surface area contributed by atoms with E-state index in [1.807, 2.05) is 22.5 Å². The lowest BCUT2D eigenvalue weighted by atomic mass is 10.3. The van der Waals surface area contributed by atoms with Crippen molar-refractivity contribution in [2.45, 2.75) is 39.7 Å². The van der Waals surface area contributed by atoms with Gasteiger partial charge in [-0.25, -0.2) is 9.97 Å². The lowest BCUT2D eigenvalue weighted by molar-refractivity contribution is 0.631. The zero-order valence-electron chi connectivity index (χ0n) is 12.8. The summed E-state index contributed by atoms with van der Waals surface area (Å²) in [5.74, 6) is 0.522. The van der Waals surface area contributed by atoms with Gasteiger partial charge >= 0.3 is 0 Å². The first-order valence-corrected chi connectivity index (χ1v) is 8.02. The zero-order valence-corrected chi connectivity index (χ0v) is 13.6. The van der Waals surface area contributed by atoms with Crippen LogP contribution in [0.25, 0.3) is 11.2 Å². The number of aryl methyl sites for hydroxylation is 3. The molecule has 3 heterocycles. The first-order valence-electron chi connectivity index (χ1n) is 7.20. The van der Waals surface area contributed by atoms with Crippen molar-refractivity contribution in [3.05, 3.63) is 21.8 Å². The summed E-state index contributed by atoms with van der Waals surface area (Å²) in [7, 11) is 1.94. The molecule has 0 fully saturated rings. The molecule has 112 valence electrons. The van der Waals surface area contributed by atoms with Crippen molar-refractivity contribution in [2.75, 3.05) is 5.73 Å². The monoisotopic (exact) mass is 304 g/mol. The third kappa shape index (κ3) is 2.12. The summed E-state index contributed by atoms with van der Waals surface area (Å²) in [6.07, 6.45) is 3.80. The maximum Gasteiger partial charge on any atom is 0.203 e. The van der Waals surface area contributed by atoms with E-state index in [1.165, 1.54) is 4.88 Å². The highest BCUT2D eigenvalue weighted by Gasteiger charge is 2.22. The number of thiazole rings is 1. The number of anilines is 1. The minimum atomic E-state index is 0.0559. The number of nitrogens with two attached hydrogens (primary N) is 1. The number of hydrogen-bond acceptors (Lipinski definition) is 5. The Morgan fingerprint density at radius 3 is 2.71 bits per heavy atom. The van der Waals surface area contributed by atoms with Crippen LogP contribution in [0.2, 0.25) is 0 Å². The quantitative estimate of drug-likeness (QED) is 0.804. The zero-order chi connectivity index (χ0) is 15.1. The van der Waals surface area contributed by atoms with Crippen molar-refractivity contribution in [2.24, 2.45) is 7.05 Å². The molecule has 0 aliphatic carbocycles. The fourth-order valence-corrected chi connectivity index (χ4v) is 3.53. The fourth-order valence-electron chi connectivity index (χ4n) is 2.63. The number of rotatable bonds is 4. The van der Waals surface area contributed by atoms with Crippen LogP contribution in [0, 0.1) is 0 Å². The van der Waals surface area contributed by atoms with Crippen molar-refractivity contribution >= 4 is 28.4 Å². The molecule has 0 saturated carbocycles. The van der Waals surface area contributed by atoms with Crippen LogP contribution < -0.4 is 5.73 Å². The van der Waals surface area contributed by atoms with Crippen LogP contribution >= 0.6 is 11.3 Å². The van der Waals surface area contributed by atoms with Gasteiger partial charge in [0.2, 0.25) is 5.95 Å². The Morgan fingerprint density at radius 1 is 1.33 bits per heavy atom. The lowest BCUT2D eigenvalue weighted by Gasteiger charge is -2.13. The number of nitrogens with zero attached hydrogens (tertiary/aromatic N) is 5. The van der Waals surface area contributed by atoms with Crippen molar-refractivity contribution in [3.63, 3.8) is 0 Å². The summed E-state index contributed by atoms with van der Waals surface area (Å²) in [4.78, 5) is 10.3. The average Bonchev–Trinajstić information content (AvgIpc) is 3.14. The van der Waals surface area contributed by atoms with Crippen LogP contribution in [0.5, 0.6) is 0 Å². The number of aromatic nitrogens is 5. The molecule has 2 N–H and O–H groups in total. The molecule has 0 aliphatic rings. The number of nitrogen functional groups attached to an aromatic ring is 1. The Morgan fingerprint density at radius 2 is 2.10 bits per heavy atom. The van der Waals surface area contributed by atoms with E-state index in [1.54, 1.807) is 11.3 Å². The second kappa shape index (κ2) is 5.14. The van der Waals surface area contributed by atoms with E-state index < -0.39 is 0 Å². The Balaban J connectivity index is 2.15. The minimum absolute atomic E-state index is 0.0559. The normalized spacial score (nSPS) is 13.1. The molecule has 0 radical (unpaired) electrons. The van der Waals surface area contributed by atoms with E-state index in [2.05, 4.69) is 35.8 Å². The Bertz CT molecular complexity index is 781. The van der Waals surface area contributed by atoms with E-state index in [-0.39, 0.29) is 6.04 Å². The molecule has 3 aromatic heterocycles. The van der Waals surface area contributed by atoms with Gasteiger partial charge in [0, 0.05) is 18.1 Å². The summed E-state index contributed by atoms with van der Waals surface area (Å²) in [5.41, 5.74) is 9.00. The number of hydrogen-bond donors (Lipinski definition) is 1. The first-order chi connectivity index (χ1) is 10.1. The largest absolute Gasteiger partial charge is 0.369 e. The molecular weight excluding hydrogens is 284 g/mol. The second-order valence-electron chi connectivity index (χ2n) is 5.13. The molecule has 21 heavy (non-hydrogen) atoms. The maximum atomic E-state index is 6.16. The molecule has 7 heteroatoms. The van der Waals surface area contributed by atoms with Gasteiger partial charge in [0.05, 0.1) is 11.7 Å². The van der Waals surface area contributed by atoms with Crippen molar-refractivity contribution in [1.29, 1.82) is 0 Å². The molecule has 0 aromatic carbocycles. The summed E-state index contributed by atoms with van der Waals surface area (Å²) >= 11 is 1.73. The van der Waals surface area contributed by atoms with Gasteiger partial charge in [0.15, 0.2) is 5.65 Å². The molecule has 0 spiro atoms. The van der Waals surface area contributed by atoms with Crippen molar-refractivity contribution in [1.82, 2.24) is 24.3 Å². The van der Waals surface area contributed by atoms with E-state index >= 15 is 0 Å². The summed E-state index contributed by atoms with van der Waals surface area (Å²) < 4.78 is 3.89. The van der Waals surface area contributed by atoms with Crippen LogP contribution in [0.15, 0.2) is 6.20 Å². The summed E-state index contributed by atoms with van der Waals surface area (Å²) in [6.45, 7) is 6.32. The highest BCUT2D eigenvalue weighted by atomic mass is 32.1. The SMILES string of the molecule is CCc1cnc(C(C)n2c(N)nc3c(CC)nn(C)c32)s1. The fraction of sp³-hybridized carbons (Fsp3) is 0.500. The second-order valence-corrected chi connectivity index (χ2v) is 6.28. The van der Waals surface area contributed by atoms with Gasteiger partial charge in [-0.3, -0.25) is 9.25 Å². The molecule has 3 aromatic rings. The Labute approximate surface area is 127 Å². The van der Waals surface area contributed by atoms with Gasteiger partial charge in [-0.2, -0.15) is 5.10 Å². The van der Waals surface area contributed by atoms with Crippen LogP contribution in [0.1, 0.15) is 42.4 Å². The molecule has 6 nitrogen and oxygen atoms in total. The number of fused-ring (bicyclic) bond motifs is 1. The molecule has 0 aliphatic heterocycles. The van der Waals surface area contributed by atoms with E-state index in [0.29, 0.717) is 5.95 Å². The molecule has 0 amide bonds. The van der Waals surface area contributed by atoms with Crippen LogP contribution in [0.4, 0.5) is 5.95 Å². The Hall–Kier alpha value is -1.89. The predicted octanol–water partition coefficient (Wildman–Crippen LogP) is 2.54. The van der Waals surface area contributed by atoms with Crippen LogP contribution in [-0.2, 0) is 19.9 Å². The van der Waals surface area contributed by atoms with E-state index in [4.69, 9.17) is 5.73 Å². The van der Waals surface area contributed by atoms with Crippen LogP contribution in [0.3, 0.4) is 0 Å². The molecule has 0 saturated heterocycles. The van der Waals surface area contributed by atoms with Gasteiger partial charge in [-0.1, -0.05) is 13.8 Å². The van der Waals surface area contributed by atoms with Gasteiger partial charge in [0.1, 0.15) is 10.5 Å². The standard InChI is InChI=1S/C14H20N6S/c1-5-9-7-16-12(21-9)8(3)20-13-11(17-14(20)15)10(6-2)18-19(13)4/h7-8H,5-6H2,1-4H3,(H2,15,17). The van der Waals surface area contributed by atoms with Crippen LogP contribution in [-0.4, -0.2) is 24.3 Å². The van der Waals surface area contributed by atoms with Gasteiger partial charge in [-0.15, -0.1) is 11.3 Å². The lowest BCUT2D eigenvalue weighted by Crippen LogP contribution is -2.12. The summed E-state index contributed by atoms with van der Waals surface area (Å²) in [6, 6.07) is 0.0559. The van der Waals surface area contributed by atoms with Gasteiger partial charge in [0.25, 0.3) is 0 Å². The molecule has 1 unspecified atom stereocenters. The highest BCUT2D eigenvalue weighted by Crippen LogP contribution is 2.30. The highest BCUT2D eigenvalue weighted by molar-refractivity contribution is 7.11. The smallest absolute Gasteiger partial charge is 0.203 e. The van der Waals surface area contributed by atoms with E-state index in [0.717, 1.165) is 34.7 Å². The van der Waals surface area contributed by atoms with Crippen molar-refractivity contribution < 1.29 is 0 Å². The molecular formula is C14H20N6S. The maximum absolute atomic E-state index is 6.16.